The summed E-state index contributed by atoms with van der Waals surface area (Å²) < 4.78 is 4.90. The van der Waals surface area contributed by atoms with Crippen LogP contribution in [0.25, 0.3) is 0 Å². The van der Waals surface area contributed by atoms with E-state index in [2.05, 4.69) is 10.7 Å². The van der Waals surface area contributed by atoms with Crippen molar-refractivity contribution in [1.29, 1.82) is 0 Å². The lowest BCUT2D eigenvalue weighted by molar-refractivity contribution is -0.152. The molecule has 4 amide bonds. The molecule has 1 heterocycles. The summed E-state index contributed by atoms with van der Waals surface area (Å²) in [7, 11) is 0. The number of rotatable bonds is 4. The molecule has 3 fully saturated rings. The number of esters is 1. The van der Waals surface area contributed by atoms with Crippen LogP contribution in [0.4, 0.5) is 4.79 Å². The van der Waals surface area contributed by atoms with Gasteiger partial charge in [-0.2, -0.15) is 5.01 Å². The van der Waals surface area contributed by atoms with Gasteiger partial charge in [-0.15, -0.1) is 0 Å². The van der Waals surface area contributed by atoms with Crippen LogP contribution >= 0.6 is 0 Å². The second kappa shape index (κ2) is 5.82. The molecule has 0 unspecified atom stereocenters. The van der Waals surface area contributed by atoms with Crippen molar-refractivity contribution in [3.63, 3.8) is 0 Å². The fourth-order valence-electron chi connectivity index (χ4n) is 3.27. The van der Waals surface area contributed by atoms with Gasteiger partial charge in [0, 0.05) is 0 Å². The van der Waals surface area contributed by atoms with Gasteiger partial charge in [0.25, 0.3) is 11.8 Å². The highest BCUT2D eigenvalue weighted by Gasteiger charge is 2.52. The van der Waals surface area contributed by atoms with E-state index in [1.54, 1.807) is 0 Å². The zero-order chi connectivity index (χ0) is 16.6. The van der Waals surface area contributed by atoms with E-state index in [-0.39, 0.29) is 5.92 Å². The molecular weight excluding hydrogens is 302 g/mol. The molecule has 2 atom stereocenters. The number of nitrogens with one attached hydrogen (secondary N) is 2. The Morgan fingerprint density at radius 1 is 1.30 bits per heavy atom. The van der Waals surface area contributed by atoms with Crippen LogP contribution in [0.5, 0.6) is 0 Å². The Morgan fingerprint density at radius 2 is 1.96 bits per heavy atom. The van der Waals surface area contributed by atoms with Crippen LogP contribution < -0.4 is 10.7 Å². The van der Waals surface area contributed by atoms with Crippen LogP contribution in [0.1, 0.15) is 45.4 Å². The average molecular weight is 323 g/mol. The number of nitrogens with zero attached hydrogens (tertiary/aromatic N) is 1. The van der Waals surface area contributed by atoms with Gasteiger partial charge in [0.1, 0.15) is 5.54 Å². The van der Waals surface area contributed by atoms with Crippen molar-refractivity contribution in [2.45, 2.75) is 51.0 Å². The minimum absolute atomic E-state index is 0.134. The number of carbonyl (C=O) groups is 4. The Bertz CT molecular complexity index is 555. The van der Waals surface area contributed by atoms with E-state index in [1.807, 2.05) is 6.92 Å². The predicted octanol–water partition coefficient (Wildman–Crippen LogP) is 0.471. The zero-order valence-corrected chi connectivity index (χ0v) is 13.1. The van der Waals surface area contributed by atoms with Gasteiger partial charge in [0.2, 0.25) is 0 Å². The highest BCUT2D eigenvalue weighted by atomic mass is 16.5. The topological polar surface area (TPSA) is 105 Å². The maximum atomic E-state index is 12.4. The Hall–Kier alpha value is -2.12. The standard InChI is InChI=1S/C15H21N3O5/c1-9-7-10(9)12(20)23-8-11(19)17-18-13(21)15(16-14(18)22)5-3-2-4-6-15/h9-10H,2-8H2,1H3,(H,16,22)(H,17,19)/t9-,10+/m1/s1. The van der Waals surface area contributed by atoms with Crippen molar-refractivity contribution < 1.29 is 23.9 Å². The molecule has 0 aromatic carbocycles. The number of hydrogen-bond acceptors (Lipinski definition) is 5. The van der Waals surface area contributed by atoms with Crippen LogP contribution in [0, 0.1) is 11.8 Å². The summed E-state index contributed by atoms with van der Waals surface area (Å²) in [5.41, 5.74) is 1.35. The molecular formula is C15H21N3O5. The molecule has 2 aliphatic carbocycles. The largest absolute Gasteiger partial charge is 0.455 e. The third kappa shape index (κ3) is 3.02. The normalized spacial score (nSPS) is 28.5. The molecule has 2 N–H and O–H groups in total. The average Bonchev–Trinajstić information content (AvgIpc) is 3.22. The number of carbonyl (C=O) groups excluding carboxylic acids is 4. The molecule has 1 aliphatic heterocycles. The first-order valence-electron chi connectivity index (χ1n) is 8.06. The Labute approximate surface area is 133 Å². The molecule has 2 saturated carbocycles. The molecule has 126 valence electrons. The maximum Gasteiger partial charge on any atom is 0.344 e. The van der Waals surface area contributed by atoms with Gasteiger partial charge < -0.3 is 10.1 Å². The first-order valence-corrected chi connectivity index (χ1v) is 8.06. The van der Waals surface area contributed by atoms with Crippen LogP contribution in [-0.2, 0) is 19.1 Å². The quantitative estimate of drug-likeness (QED) is 0.578. The molecule has 1 saturated heterocycles. The number of imide groups is 1. The lowest BCUT2D eigenvalue weighted by Gasteiger charge is -2.30. The minimum atomic E-state index is -0.886. The zero-order valence-electron chi connectivity index (χ0n) is 13.1. The smallest absolute Gasteiger partial charge is 0.344 e. The highest BCUT2D eigenvalue weighted by Crippen LogP contribution is 2.38. The first-order chi connectivity index (χ1) is 10.9. The van der Waals surface area contributed by atoms with E-state index in [0.29, 0.717) is 23.8 Å². The van der Waals surface area contributed by atoms with E-state index in [0.717, 1.165) is 25.7 Å². The van der Waals surface area contributed by atoms with Crippen LogP contribution in [0.15, 0.2) is 0 Å². The third-order valence-corrected chi connectivity index (χ3v) is 4.86. The second-order valence-corrected chi connectivity index (χ2v) is 6.68. The molecule has 3 rings (SSSR count). The van der Waals surface area contributed by atoms with Gasteiger partial charge in [-0.25, -0.2) is 4.79 Å². The summed E-state index contributed by atoms with van der Waals surface area (Å²) >= 11 is 0. The third-order valence-electron chi connectivity index (χ3n) is 4.86. The van der Waals surface area contributed by atoms with E-state index < -0.39 is 36.0 Å². The van der Waals surface area contributed by atoms with Crippen molar-refractivity contribution in [1.82, 2.24) is 15.8 Å². The molecule has 0 bridgehead atoms. The minimum Gasteiger partial charge on any atom is -0.455 e. The van der Waals surface area contributed by atoms with Gasteiger partial charge in [-0.3, -0.25) is 19.8 Å². The first kappa shape index (κ1) is 15.8. The van der Waals surface area contributed by atoms with Crippen LogP contribution in [0.2, 0.25) is 0 Å². The predicted molar refractivity (Wildman–Crippen MR) is 77.6 cm³/mol. The Balaban J connectivity index is 1.52. The van der Waals surface area contributed by atoms with Crippen LogP contribution in [0.3, 0.4) is 0 Å². The highest BCUT2D eigenvalue weighted by molar-refractivity contribution is 6.08. The monoisotopic (exact) mass is 323 g/mol. The van der Waals surface area contributed by atoms with Gasteiger partial charge in [-0.1, -0.05) is 26.2 Å². The van der Waals surface area contributed by atoms with Crippen molar-refractivity contribution >= 4 is 23.8 Å². The summed E-state index contributed by atoms with van der Waals surface area (Å²) in [5, 5.41) is 3.40. The number of hydrazine groups is 1. The summed E-state index contributed by atoms with van der Waals surface area (Å²) in [4.78, 5) is 47.8. The number of hydrogen-bond donors (Lipinski definition) is 2. The van der Waals surface area contributed by atoms with Gasteiger partial charge in [0.05, 0.1) is 5.92 Å². The summed E-state index contributed by atoms with van der Waals surface area (Å²) in [6.07, 6.45) is 4.70. The molecule has 0 aromatic rings. The fourth-order valence-corrected chi connectivity index (χ4v) is 3.27. The van der Waals surface area contributed by atoms with Crippen molar-refractivity contribution in [2.75, 3.05) is 6.61 Å². The summed E-state index contributed by atoms with van der Waals surface area (Å²) in [6.45, 7) is 1.44. The number of ether oxygens (including phenoxy) is 1. The molecule has 1 spiro atoms. The van der Waals surface area contributed by atoms with Crippen LogP contribution in [-0.4, -0.2) is 41.0 Å². The summed E-state index contributed by atoms with van der Waals surface area (Å²) in [5.74, 6) is -1.37. The van der Waals surface area contributed by atoms with Gasteiger partial charge in [0.15, 0.2) is 6.61 Å². The molecule has 23 heavy (non-hydrogen) atoms. The second-order valence-electron chi connectivity index (χ2n) is 6.68. The number of urea groups is 1. The molecule has 0 radical (unpaired) electrons. The van der Waals surface area contributed by atoms with Crippen molar-refractivity contribution in [2.24, 2.45) is 11.8 Å². The Kier molecular flexibility index (Phi) is 3.99. The van der Waals surface area contributed by atoms with E-state index in [9.17, 15) is 19.2 Å². The van der Waals surface area contributed by atoms with E-state index in [1.165, 1.54) is 0 Å². The molecule has 8 heteroatoms. The lowest BCUT2D eigenvalue weighted by atomic mass is 9.82. The van der Waals surface area contributed by atoms with E-state index >= 15 is 0 Å². The molecule has 8 nitrogen and oxygen atoms in total. The number of amides is 4. The SMILES string of the molecule is C[C@@H]1C[C@@H]1C(=O)OCC(=O)NN1C(=O)NC2(CCCCC2)C1=O. The lowest BCUT2D eigenvalue weighted by Crippen LogP contribution is -2.51. The van der Waals surface area contributed by atoms with Gasteiger partial charge >= 0.3 is 12.0 Å². The maximum absolute atomic E-state index is 12.4. The fraction of sp³-hybridized carbons (Fsp3) is 0.733. The molecule has 3 aliphatic rings. The summed E-state index contributed by atoms with van der Waals surface area (Å²) in [6, 6.07) is -0.632. The van der Waals surface area contributed by atoms with Crippen molar-refractivity contribution in [3.05, 3.63) is 0 Å². The van der Waals surface area contributed by atoms with Gasteiger partial charge in [-0.05, 0) is 25.2 Å². The van der Waals surface area contributed by atoms with Crippen molar-refractivity contribution in [3.8, 4) is 0 Å². The van der Waals surface area contributed by atoms with E-state index in [4.69, 9.17) is 4.74 Å². The Morgan fingerprint density at radius 3 is 2.57 bits per heavy atom. The molecule has 0 aromatic heterocycles.